The van der Waals surface area contributed by atoms with Crippen molar-refractivity contribution in [1.82, 2.24) is 9.88 Å². The number of rotatable bonds is 4. The molecule has 1 saturated heterocycles. The third kappa shape index (κ3) is 3.56. The number of halogens is 1. The maximum atomic E-state index is 12.4. The van der Waals surface area contributed by atoms with Crippen LogP contribution in [-0.2, 0) is 9.84 Å². The van der Waals surface area contributed by atoms with Crippen molar-refractivity contribution in [3.05, 3.63) is 28.5 Å². The van der Waals surface area contributed by atoms with E-state index < -0.39 is 9.84 Å². The van der Waals surface area contributed by atoms with Crippen LogP contribution in [0.2, 0.25) is 0 Å². The maximum Gasteiger partial charge on any atom is 0.272 e. The number of carbonyl (C=O) groups excluding carboxylic acids is 1. The van der Waals surface area contributed by atoms with Crippen LogP contribution in [0, 0.1) is 0 Å². The lowest BCUT2D eigenvalue weighted by atomic mass is 10.2. The summed E-state index contributed by atoms with van der Waals surface area (Å²) in [5.41, 5.74) is 0.242. The van der Waals surface area contributed by atoms with Crippen molar-refractivity contribution in [2.24, 2.45) is 0 Å². The van der Waals surface area contributed by atoms with Gasteiger partial charge in [-0.1, -0.05) is 0 Å². The third-order valence-electron chi connectivity index (χ3n) is 3.20. The van der Waals surface area contributed by atoms with Crippen LogP contribution in [-0.4, -0.2) is 60.0 Å². The molecule has 0 aliphatic carbocycles. The predicted molar refractivity (Wildman–Crippen MR) is 77.1 cm³/mol. The van der Waals surface area contributed by atoms with Crippen molar-refractivity contribution < 1.29 is 18.3 Å². The first-order chi connectivity index (χ1) is 9.43. The number of pyridine rings is 1. The molecule has 6 nitrogen and oxygen atoms in total. The molecule has 2 heterocycles. The topological polar surface area (TPSA) is 87.6 Å². The summed E-state index contributed by atoms with van der Waals surface area (Å²) in [7, 11) is -3.08. The fourth-order valence-corrected chi connectivity index (χ4v) is 4.19. The van der Waals surface area contributed by atoms with Gasteiger partial charge in [0.25, 0.3) is 5.91 Å². The minimum Gasteiger partial charge on any atom is -0.395 e. The minimum absolute atomic E-state index is 0.0464. The van der Waals surface area contributed by atoms with Crippen molar-refractivity contribution in [3.8, 4) is 0 Å². The molecule has 1 aromatic heterocycles. The Morgan fingerprint density at radius 2 is 2.25 bits per heavy atom. The van der Waals surface area contributed by atoms with E-state index in [4.69, 9.17) is 5.11 Å². The number of aromatic nitrogens is 1. The second kappa shape index (κ2) is 6.19. The first-order valence-corrected chi connectivity index (χ1v) is 8.78. The molecule has 2 rings (SSSR count). The van der Waals surface area contributed by atoms with Gasteiger partial charge >= 0.3 is 0 Å². The molecule has 0 bridgehead atoms. The summed E-state index contributed by atoms with van der Waals surface area (Å²) in [6.45, 7) is -0.102. The van der Waals surface area contributed by atoms with Gasteiger partial charge in [0, 0.05) is 23.3 Å². The van der Waals surface area contributed by atoms with Crippen LogP contribution in [0.4, 0.5) is 0 Å². The van der Waals surface area contributed by atoms with Crippen LogP contribution in [0.15, 0.2) is 22.8 Å². The van der Waals surface area contributed by atoms with E-state index in [0.717, 1.165) is 4.47 Å². The van der Waals surface area contributed by atoms with E-state index in [0.29, 0.717) is 6.42 Å². The Balaban J connectivity index is 2.20. The lowest BCUT2D eigenvalue weighted by Gasteiger charge is -2.27. The standard InChI is InChI=1S/C12H15BrN2O4S/c13-9-1-2-11(14-7-9)12(17)15(4-5-16)10-3-6-20(18,19)8-10/h1-2,7,10,16H,3-6,8H2. The highest BCUT2D eigenvalue weighted by Gasteiger charge is 2.35. The van der Waals surface area contributed by atoms with E-state index >= 15 is 0 Å². The SMILES string of the molecule is O=C(c1ccc(Br)cn1)N(CCO)C1CCS(=O)(=O)C1. The maximum absolute atomic E-state index is 12.4. The average molecular weight is 363 g/mol. The van der Waals surface area contributed by atoms with E-state index in [1.54, 1.807) is 12.1 Å². The van der Waals surface area contributed by atoms with E-state index in [2.05, 4.69) is 20.9 Å². The molecular weight excluding hydrogens is 348 g/mol. The number of nitrogens with zero attached hydrogens (tertiary/aromatic N) is 2. The second-order valence-corrected chi connectivity index (χ2v) is 7.79. The summed E-state index contributed by atoms with van der Waals surface area (Å²) in [5, 5.41) is 9.10. The van der Waals surface area contributed by atoms with Crippen LogP contribution in [0.1, 0.15) is 16.9 Å². The summed E-state index contributed by atoms with van der Waals surface area (Å²) in [6, 6.07) is 2.88. The van der Waals surface area contributed by atoms with Gasteiger partial charge in [0.15, 0.2) is 9.84 Å². The monoisotopic (exact) mass is 362 g/mol. The van der Waals surface area contributed by atoms with Gasteiger partial charge in [-0.3, -0.25) is 4.79 Å². The summed E-state index contributed by atoms with van der Waals surface area (Å²) in [5.74, 6) is -0.315. The van der Waals surface area contributed by atoms with Gasteiger partial charge in [0.2, 0.25) is 0 Å². The summed E-state index contributed by atoms with van der Waals surface area (Å²) in [4.78, 5) is 17.8. The van der Waals surface area contributed by atoms with E-state index in [-0.39, 0.29) is 42.3 Å². The predicted octanol–water partition coefficient (Wildman–Crippen LogP) is 0.466. The first kappa shape index (κ1) is 15.4. The Kier molecular flexibility index (Phi) is 4.77. The van der Waals surface area contributed by atoms with Crippen molar-refractivity contribution in [1.29, 1.82) is 0 Å². The highest BCUT2D eigenvalue weighted by Crippen LogP contribution is 2.19. The fraction of sp³-hybridized carbons (Fsp3) is 0.500. The van der Waals surface area contributed by atoms with Gasteiger partial charge in [0.1, 0.15) is 5.69 Å². The number of sulfone groups is 1. The molecule has 1 fully saturated rings. The van der Waals surface area contributed by atoms with Crippen LogP contribution < -0.4 is 0 Å². The molecular formula is C12H15BrN2O4S. The summed E-state index contributed by atoms with van der Waals surface area (Å²) >= 11 is 3.24. The van der Waals surface area contributed by atoms with Crippen LogP contribution in [0.5, 0.6) is 0 Å². The fourth-order valence-electron chi connectivity index (χ4n) is 2.23. The van der Waals surface area contributed by atoms with Gasteiger partial charge < -0.3 is 10.0 Å². The Morgan fingerprint density at radius 3 is 2.75 bits per heavy atom. The highest BCUT2D eigenvalue weighted by molar-refractivity contribution is 9.10. The molecule has 1 amide bonds. The molecule has 1 atom stereocenters. The lowest BCUT2D eigenvalue weighted by Crippen LogP contribution is -2.43. The molecule has 110 valence electrons. The molecule has 1 aromatic rings. The van der Waals surface area contributed by atoms with E-state index in [1.165, 1.54) is 11.1 Å². The average Bonchev–Trinajstić information content (AvgIpc) is 2.76. The largest absolute Gasteiger partial charge is 0.395 e. The number of carbonyl (C=O) groups is 1. The highest BCUT2D eigenvalue weighted by atomic mass is 79.9. The van der Waals surface area contributed by atoms with Crippen molar-refractivity contribution in [2.75, 3.05) is 24.7 Å². The molecule has 1 N–H and O–H groups in total. The number of aliphatic hydroxyl groups is 1. The molecule has 1 aliphatic heterocycles. The quantitative estimate of drug-likeness (QED) is 0.840. The normalized spacial score (nSPS) is 20.8. The molecule has 20 heavy (non-hydrogen) atoms. The Hall–Kier alpha value is -0.990. The van der Waals surface area contributed by atoms with Crippen molar-refractivity contribution in [3.63, 3.8) is 0 Å². The Morgan fingerprint density at radius 1 is 1.50 bits per heavy atom. The minimum atomic E-state index is -3.08. The number of amides is 1. The third-order valence-corrected chi connectivity index (χ3v) is 5.42. The van der Waals surface area contributed by atoms with Gasteiger partial charge in [-0.05, 0) is 34.5 Å². The van der Waals surface area contributed by atoms with Gasteiger partial charge in [-0.2, -0.15) is 0 Å². The van der Waals surface area contributed by atoms with E-state index in [1.807, 2.05) is 0 Å². The van der Waals surface area contributed by atoms with Crippen LogP contribution in [0.25, 0.3) is 0 Å². The second-order valence-electron chi connectivity index (χ2n) is 4.64. The molecule has 0 radical (unpaired) electrons. The van der Waals surface area contributed by atoms with Crippen molar-refractivity contribution >= 4 is 31.7 Å². The number of hydrogen-bond acceptors (Lipinski definition) is 5. The molecule has 0 spiro atoms. The number of hydrogen-bond donors (Lipinski definition) is 1. The summed E-state index contributed by atoms with van der Waals surface area (Å²) in [6.07, 6.45) is 1.92. The van der Waals surface area contributed by atoms with E-state index in [9.17, 15) is 13.2 Å². The van der Waals surface area contributed by atoms with Crippen LogP contribution >= 0.6 is 15.9 Å². The first-order valence-electron chi connectivity index (χ1n) is 6.17. The van der Waals surface area contributed by atoms with Crippen molar-refractivity contribution in [2.45, 2.75) is 12.5 Å². The lowest BCUT2D eigenvalue weighted by molar-refractivity contribution is 0.0649. The molecule has 8 heteroatoms. The Bertz CT molecular complexity index is 588. The molecule has 0 saturated carbocycles. The van der Waals surface area contributed by atoms with Gasteiger partial charge in [0.05, 0.1) is 18.1 Å². The molecule has 1 unspecified atom stereocenters. The van der Waals surface area contributed by atoms with Gasteiger partial charge in [-0.25, -0.2) is 13.4 Å². The zero-order valence-corrected chi connectivity index (χ0v) is 13.1. The smallest absolute Gasteiger partial charge is 0.272 e. The van der Waals surface area contributed by atoms with Crippen LogP contribution in [0.3, 0.4) is 0 Å². The molecule has 1 aliphatic rings. The van der Waals surface area contributed by atoms with Gasteiger partial charge in [-0.15, -0.1) is 0 Å². The number of aliphatic hydroxyl groups excluding tert-OH is 1. The zero-order valence-electron chi connectivity index (χ0n) is 10.7. The Labute approximate surface area is 125 Å². The molecule has 0 aromatic carbocycles. The summed E-state index contributed by atoms with van der Waals surface area (Å²) < 4.78 is 23.8. The zero-order chi connectivity index (χ0) is 14.8.